The number of rotatable bonds is 6. The van der Waals surface area contributed by atoms with E-state index in [1.807, 2.05) is 57.8 Å². The van der Waals surface area contributed by atoms with Crippen LogP contribution in [0, 0.1) is 0 Å². The van der Waals surface area contributed by atoms with Crippen molar-refractivity contribution < 1.29 is 27.5 Å². The second-order valence-corrected chi connectivity index (χ2v) is 11.9. The van der Waals surface area contributed by atoms with E-state index >= 15 is 0 Å². The van der Waals surface area contributed by atoms with Crippen LogP contribution in [0.5, 0.6) is 5.75 Å². The van der Waals surface area contributed by atoms with Gasteiger partial charge in [0, 0.05) is 0 Å². The molecular formula is C15H23Cl2N2O2Ru+. The minimum atomic E-state index is -1.98. The van der Waals surface area contributed by atoms with Crippen LogP contribution >= 0.6 is 19.4 Å². The molecule has 0 saturated carbocycles. The predicted molar refractivity (Wildman–Crippen MR) is 90.6 cm³/mol. The molecule has 1 amide bonds. The number of likely N-dealkylation sites (N-methyl/N-ethyl adjacent to an activating group) is 1. The Hall–Kier alpha value is -0.477. The second kappa shape index (κ2) is 8.40. The fourth-order valence-electron chi connectivity index (χ4n) is 1.78. The van der Waals surface area contributed by atoms with E-state index in [0.717, 1.165) is 11.3 Å². The summed E-state index contributed by atoms with van der Waals surface area (Å²) >= 11 is -1.98. The number of benzene rings is 1. The molecule has 4 nitrogen and oxygen atoms in total. The van der Waals surface area contributed by atoms with Crippen LogP contribution in [0.4, 0.5) is 5.69 Å². The maximum atomic E-state index is 12.0. The molecule has 0 fully saturated rings. The van der Waals surface area contributed by atoms with Crippen LogP contribution in [0.15, 0.2) is 18.2 Å². The van der Waals surface area contributed by atoms with Crippen molar-refractivity contribution in [2.75, 3.05) is 33.0 Å². The van der Waals surface area contributed by atoms with Crippen LogP contribution in [0.25, 0.3) is 0 Å². The number of carbonyl (C=O) groups excluding carboxylic acids is 1. The molecule has 0 spiro atoms. The number of nitrogens with one attached hydrogen (secondary N) is 1. The molecule has 0 aliphatic rings. The summed E-state index contributed by atoms with van der Waals surface area (Å²) in [6, 6.07) is 5.50. The average molecular weight is 435 g/mol. The Kier molecular flexibility index (Phi) is 7.47. The number of amides is 1. The van der Waals surface area contributed by atoms with Gasteiger partial charge < -0.3 is 0 Å². The van der Waals surface area contributed by atoms with Crippen molar-refractivity contribution in [2.24, 2.45) is 0 Å². The third-order valence-electron chi connectivity index (χ3n) is 2.46. The number of halogens is 2. The molecule has 7 heteroatoms. The van der Waals surface area contributed by atoms with Gasteiger partial charge >= 0.3 is 146 Å². The first kappa shape index (κ1) is 19.6. The summed E-state index contributed by atoms with van der Waals surface area (Å²) in [6.07, 6.45) is 0.0529. The first-order valence-electron chi connectivity index (χ1n) is 6.81. The molecule has 1 rings (SSSR count). The maximum absolute atomic E-state index is 12.0. The molecule has 126 valence electrons. The molecule has 1 aromatic rings. The summed E-state index contributed by atoms with van der Waals surface area (Å²) in [4.78, 5) is 12.0. The van der Waals surface area contributed by atoms with Gasteiger partial charge in [-0.1, -0.05) is 0 Å². The Morgan fingerprint density at radius 1 is 1.36 bits per heavy atom. The van der Waals surface area contributed by atoms with Crippen LogP contribution in [0.3, 0.4) is 0 Å². The van der Waals surface area contributed by atoms with E-state index in [0.29, 0.717) is 16.7 Å². The van der Waals surface area contributed by atoms with Gasteiger partial charge in [-0.2, -0.15) is 0 Å². The van der Waals surface area contributed by atoms with Crippen molar-refractivity contribution in [1.82, 2.24) is 0 Å². The topological polar surface area (TPSA) is 38.3 Å². The predicted octanol–water partition coefficient (Wildman–Crippen LogP) is 3.19. The third kappa shape index (κ3) is 7.69. The summed E-state index contributed by atoms with van der Waals surface area (Å²) in [6.45, 7) is 4.31. The van der Waals surface area contributed by atoms with Gasteiger partial charge in [0.15, 0.2) is 0 Å². The van der Waals surface area contributed by atoms with Crippen molar-refractivity contribution in [1.29, 1.82) is 0 Å². The van der Waals surface area contributed by atoms with Crippen LogP contribution in [0.1, 0.15) is 19.4 Å². The molecule has 0 aromatic heterocycles. The van der Waals surface area contributed by atoms with E-state index in [-0.39, 0.29) is 12.0 Å². The summed E-state index contributed by atoms with van der Waals surface area (Å²) in [5.41, 5.74) is 1.53. The van der Waals surface area contributed by atoms with Gasteiger partial charge in [-0.3, -0.25) is 0 Å². The Labute approximate surface area is 145 Å². The molecule has 0 bridgehead atoms. The van der Waals surface area contributed by atoms with Crippen LogP contribution < -0.4 is 10.1 Å². The van der Waals surface area contributed by atoms with Crippen molar-refractivity contribution in [3.8, 4) is 5.75 Å². The molecule has 1 aromatic carbocycles. The molecule has 0 aliphatic carbocycles. The van der Waals surface area contributed by atoms with Crippen molar-refractivity contribution in [2.45, 2.75) is 20.0 Å². The van der Waals surface area contributed by atoms with E-state index in [2.05, 4.69) is 5.32 Å². The van der Waals surface area contributed by atoms with E-state index in [1.54, 1.807) is 0 Å². The molecule has 22 heavy (non-hydrogen) atoms. The number of anilines is 1. The van der Waals surface area contributed by atoms with Crippen LogP contribution in [0.2, 0.25) is 0 Å². The Morgan fingerprint density at radius 2 is 2.00 bits per heavy atom. The molecule has 0 atom stereocenters. The average Bonchev–Trinajstić information content (AvgIpc) is 2.28. The number of carbonyl (C=O) groups is 1. The molecule has 0 aliphatic heterocycles. The molecule has 0 radical (unpaired) electrons. The molecule has 0 saturated heterocycles. The fourth-order valence-corrected chi connectivity index (χ4v) is 3.57. The summed E-state index contributed by atoms with van der Waals surface area (Å²) in [5.74, 6) is 0.682. The summed E-state index contributed by atoms with van der Waals surface area (Å²) in [5, 5.41) is 2.89. The normalized spacial score (nSPS) is 12.1. The van der Waals surface area contributed by atoms with Gasteiger partial charge in [-0.15, -0.1) is 0 Å². The first-order valence-corrected chi connectivity index (χ1v) is 12.3. The minimum absolute atomic E-state index is 0.0399. The van der Waals surface area contributed by atoms with Gasteiger partial charge in [0.1, 0.15) is 0 Å². The Morgan fingerprint density at radius 3 is 2.50 bits per heavy atom. The van der Waals surface area contributed by atoms with E-state index in [4.69, 9.17) is 24.1 Å². The third-order valence-corrected chi connectivity index (χ3v) is 4.29. The number of hydrogen-bond acceptors (Lipinski definition) is 2. The van der Waals surface area contributed by atoms with Crippen LogP contribution in [-0.2, 0) is 18.3 Å². The molecule has 0 unspecified atom stereocenters. The van der Waals surface area contributed by atoms with Gasteiger partial charge in [0.2, 0.25) is 0 Å². The zero-order chi connectivity index (χ0) is 16.9. The Bertz CT molecular complexity index is 565. The Balaban J connectivity index is 2.99. The molecular weight excluding hydrogens is 412 g/mol. The zero-order valence-corrected chi connectivity index (χ0v) is 16.7. The number of nitrogens with zero attached hydrogens (tertiary/aromatic N) is 1. The van der Waals surface area contributed by atoms with E-state index in [9.17, 15) is 4.79 Å². The summed E-state index contributed by atoms with van der Waals surface area (Å²) < 4.78 is 8.13. The van der Waals surface area contributed by atoms with E-state index < -0.39 is 13.5 Å². The number of ether oxygens (including phenoxy) is 1. The molecule has 1 N–H and O–H groups in total. The van der Waals surface area contributed by atoms with Crippen molar-refractivity contribution >= 4 is 35.6 Å². The number of quaternary nitrogens is 1. The van der Waals surface area contributed by atoms with Gasteiger partial charge in [-0.05, 0) is 0 Å². The van der Waals surface area contributed by atoms with Crippen LogP contribution in [-0.4, -0.2) is 48.8 Å². The van der Waals surface area contributed by atoms with Gasteiger partial charge in [0.05, 0.1) is 0 Å². The standard InChI is InChI=1S/C15H22N2O2.2ClH.Ru/c1-11(2)19-14-8-7-13(9-12(14)3)16-15(18)10-17(4,5)6;;;/h3,7-9,11H,10H2,1-2,4-6H3;2*1H;/q;;;+2/p-1. The second-order valence-electron chi connectivity index (χ2n) is 6.22. The fraction of sp³-hybridized carbons (Fsp3) is 0.467. The first-order chi connectivity index (χ1) is 10.1. The number of hydrogen-bond donors (Lipinski definition) is 1. The SMILES string of the molecule is CC(C)Oc1ccc(NC(=O)C[N+](C)(C)C)cc1[CH]=[Ru]([Cl])[Cl]. The van der Waals surface area contributed by atoms with Crippen molar-refractivity contribution in [3.05, 3.63) is 23.8 Å². The molecule has 0 heterocycles. The van der Waals surface area contributed by atoms with Gasteiger partial charge in [0.25, 0.3) is 0 Å². The quantitative estimate of drug-likeness (QED) is 0.551. The monoisotopic (exact) mass is 435 g/mol. The van der Waals surface area contributed by atoms with E-state index in [1.165, 1.54) is 0 Å². The zero-order valence-electron chi connectivity index (χ0n) is 13.5. The summed E-state index contributed by atoms with van der Waals surface area (Å²) in [7, 11) is 17.9. The van der Waals surface area contributed by atoms with Crippen molar-refractivity contribution in [3.63, 3.8) is 0 Å². The van der Waals surface area contributed by atoms with Gasteiger partial charge in [-0.25, -0.2) is 0 Å².